The SMILES string of the molecule is CCCCCCCCOc1cccc(-c2ccccc2)c1C(=O)N(C)c1ccc(C(F)(F)P(=O)(O)O)cc1. The smallest absolute Gasteiger partial charge is 0.399 e. The van der Waals surface area contributed by atoms with Crippen LogP contribution in [0.1, 0.15) is 61.4 Å². The van der Waals surface area contributed by atoms with Crippen LogP contribution in [-0.2, 0) is 10.2 Å². The van der Waals surface area contributed by atoms with Crippen molar-refractivity contribution >= 4 is 19.2 Å². The van der Waals surface area contributed by atoms with Crippen LogP contribution in [0.2, 0.25) is 0 Å². The number of nitrogens with zero attached hydrogens (tertiary/aromatic N) is 1. The third-order valence-corrected chi connectivity index (χ3v) is 7.34. The number of rotatable bonds is 13. The summed E-state index contributed by atoms with van der Waals surface area (Å²) in [6, 6.07) is 19.1. The quantitative estimate of drug-likeness (QED) is 0.171. The van der Waals surface area contributed by atoms with Gasteiger partial charge in [0, 0.05) is 18.3 Å². The van der Waals surface area contributed by atoms with Crippen molar-refractivity contribution in [2.24, 2.45) is 0 Å². The zero-order valence-corrected chi connectivity index (χ0v) is 22.5. The topological polar surface area (TPSA) is 87.1 Å². The molecule has 6 nitrogen and oxygen atoms in total. The van der Waals surface area contributed by atoms with E-state index in [1.54, 1.807) is 6.07 Å². The molecule has 0 aliphatic rings. The Kier molecular flexibility index (Phi) is 10.2. The summed E-state index contributed by atoms with van der Waals surface area (Å²) in [6.07, 6.45) is 6.60. The summed E-state index contributed by atoms with van der Waals surface area (Å²) in [6.45, 7) is 2.63. The number of hydrogen-bond acceptors (Lipinski definition) is 3. The van der Waals surface area contributed by atoms with E-state index in [4.69, 9.17) is 14.5 Å². The van der Waals surface area contributed by atoms with E-state index >= 15 is 0 Å². The van der Waals surface area contributed by atoms with E-state index in [2.05, 4.69) is 6.92 Å². The van der Waals surface area contributed by atoms with E-state index in [9.17, 15) is 18.1 Å². The number of benzene rings is 3. The molecule has 0 radical (unpaired) electrons. The number of carbonyl (C=O) groups is 1. The number of unbranched alkanes of at least 4 members (excludes halogenated alkanes) is 5. The number of carbonyl (C=O) groups excluding carboxylic acids is 1. The van der Waals surface area contributed by atoms with Crippen LogP contribution in [0.15, 0.2) is 72.8 Å². The molecule has 9 heteroatoms. The standard InChI is InChI=1S/C29H34F2NO5P/c1-3-4-5-6-7-11-21-37-26-16-12-15-25(22-13-9-8-10-14-22)27(26)28(33)32(2)24-19-17-23(18-20-24)29(30,31)38(34,35)36/h8-10,12-20H,3-7,11,21H2,1-2H3,(H2,34,35,36). The summed E-state index contributed by atoms with van der Waals surface area (Å²) in [7, 11) is -4.18. The number of ether oxygens (including phenoxy) is 1. The van der Waals surface area contributed by atoms with Crippen molar-refractivity contribution in [2.75, 3.05) is 18.6 Å². The van der Waals surface area contributed by atoms with E-state index in [0.717, 1.165) is 37.0 Å². The van der Waals surface area contributed by atoms with E-state index in [0.29, 0.717) is 23.5 Å². The van der Waals surface area contributed by atoms with Crippen LogP contribution in [0.5, 0.6) is 5.75 Å². The molecular formula is C29H34F2NO5P. The molecule has 0 saturated heterocycles. The van der Waals surface area contributed by atoms with Crippen molar-refractivity contribution < 1.29 is 32.7 Å². The number of amides is 1. The van der Waals surface area contributed by atoms with Crippen LogP contribution in [-0.4, -0.2) is 29.3 Å². The number of anilines is 1. The van der Waals surface area contributed by atoms with Gasteiger partial charge in [-0.3, -0.25) is 9.36 Å². The minimum Gasteiger partial charge on any atom is -0.493 e. The third kappa shape index (κ3) is 7.07. The Hall–Kier alpha value is -3.06. The largest absolute Gasteiger partial charge is 0.493 e. The first-order chi connectivity index (χ1) is 18.1. The third-order valence-electron chi connectivity index (χ3n) is 6.35. The summed E-state index contributed by atoms with van der Waals surface area (Å²) in [5.74, 6) is 0.0262. The molecule has 3 rings (SSSR count). The highest BCUT2D eigenvalue weighted by atomic mass is 31.2. The van der Waals surface area contributed by atoms with Crippen LogP contribution in [0, 0.1) is 0 Å². The average Bonchev–Trinajstić information content (AvgIpc) is 2.91. The van der Waals surface area contributed by atoms with Crippen molar-refractivity contribution in [1.29, 1.82) is 0 Å². The van der Waals surface area contributed by atoms with Gasteiger partial charge in [-0.05, 0) is 35.7 Å². The minimum atomic E-state index is -5.70. The van der Waals surface area contributed by atoms with Crippen LogP contribution >= 0.6 is 7.60 Å². The van der Waals surface area contributed by atoms with Crippen molar-refractivity contribution in [2.45, 2.75) is 51.1 Å². The fourth-order valence-corrected chi connectivity index (χ4v) is 4.62. The molecule has 0 aliphatic carbocycles. The first-order valence-corrected chi connectivity index (χ1v) is 14.3. The zero-order chi connectivity index (χ0) is 27.8. The van der Waals surface area contributed by atoms with Crippen LogP contribution in [0.4, 0.5) is 14.5 Å². The Balaban J connectivity index is 1.88. The average molecular weight is 546 g/mol. The molecule has 0 heterocycles. The van der Waals surface area contributed by atoms with Gasteiger partial charge < -0.3 is 19.4 Å². The molecule has 3 aromatic rings. The van der Waals surface area contributed by atoms with Gasteiger partial charge in [0.2, 0.25) is 0 Å². The van der Waals surface area contributed by atoms with E-state index in [1.807, 2.05) is 42.5 Å². The lowest BCUT2D eigenvalue weighted by Crippen LogP contribution is -2.27. The van der Waals surface area contributed by atoms with Crippen LogP contribution in [0.25, 0.3) is 11.1 Å². The normalized spacial score (nSPS) is 11.8. The van der Waals surface area contributed by atoms with Gasteiger partial charge in [-0.2, -0.15) is 8.78 Å². The summed E-state index contributed by atoms with van der Waals surface area (Å²) in [5.41, 5.74) is -3.03. The predicted molar refractivity (Wildman–Crippen MR) is 146 cm³/mol. The van der Waals surface area contributed by atoms with Gasteiger partial charge in [-0.25, -0.2) is 0 Å². The molecule has 0 fully saturated rings. The number of alkyl halides is 2. The second kappa shape index (κ2) is 13.1. The maximum atomic E-state index is 14.1. The van der Waals surface area contributed by atoms with Crippen LogP contribution in [0.3, 0.4) is 0 Å². The molecule has 0 aromatic heterocycles. The fraction of sp³-hybridized carbons (Fsp3) is 0.345. The van der Waals surface area contributed by atoms with E-state index in [1.165, 1.54) is 43.3 Å². The molecular weight excluding hydrogens is 511 g/mol. The molecule has 204 valence electrons. The molecule has 3 aromatic carbocycles. The van der Waals surface area contributed by atoms with Crippen molar-refractivity contribution in [3.05, 3.63) is 83.9 Å². The van der Waals surface area contributed by atoms with Gasteiger partial charge in [0.05, 0.1) is 12.2 Å². The highest BCUT2D eigenvalue weighted by molar-refractivity contribution is 7.52. The van der Waals surface area contributed by atoms with Gasteiger partial charge >= 0.3 is 13.3 Å². The molecule has 0 aliphatic heterocycles. The Bertz CT molecular complexity index is 1250. The van der Waals surface area contributed by atoms with Gasteiger partial charge in [0.1, 0.15) is 5.75 Å². The molecule has 2 N–H and O–H groups in total. The van der Waals surface area contributed by atoms with Gasteiger partial charge in [-0.15, -0.1) is 0 Å². The fourth-order valence-electron chi connectivity index (χ4n) is 4.13. The Labute approximate surface area is 222 Å². The molecule has 0 saturated carbocycles. The lowest BCUT2D eigenvalue weighted by atomic mass is 9.97. The van der Waals surface area contributed by atoms with Crippen LogP contribution < -0.4 is 9.64 Å². The molecule has 0 spiro atoms. The number of hydrogen-bond donors (Lipinski definition) is 2. The van der Waals surface area contributed by atoms with Gasteiger partial charge in [0.25, 0.3) is 5.91 Å². The monoisotopic (exact) mass is 545 g/mol. The zero-order valence-electron chi connectivity index (χ0n) is 21.6. The Morgan fingerprint density at radius 3 is 2.16 bits per heavy atom. The first-order valence-electron chi connectivity index (χ1n) is 12.7. The summed E-state index contributed by atoms with van der Waals surface area (Å²) >= 11 is 0. The predicted octanol–water partition coefficient (Wildman–Crippen LogP) is 7.60. The van der Waals surface area contributed by atoms with E-state index in [-0.39, 0.29) is 5.69 Å². The number of halogens is 2. The lowest BCUT2D eigenvalue weighted by molar-refractivity contribution is 0.0564. The van der Waals surface area contributed by atoms with Crippen molar-refractivity contribution in [3.63, 3.8) is 0 Å². The second-order valence-electron chi connectivity index (χ2n) is 9.16. The molecule has 0 atom stereocenters. The molecule has 1 amide bonds. The Morgan fingerprint density at radius 2 is 1.53 bits per heavy atom. The van der Waals surface area contributed by atoms with Gasteiger partial charge in [-0.1, -0.05) is 93.6 Å². The molecule has 0 bridgehead atoms. The maximum absolute atomic E-state index is 14.1. The van der Waals surface area contributed by atoms with Crippen molar-refractivity contribution in [1.82, 2.24) is 0 Å². The maximum Gasteiger partial charge on any atom is 0.399 e. The highest BCUT2D eigenvalue weighted by Crippen LogP contribution is 2.59. The molecule has 38 heavy (non-hydrogen) atoms. The first kappa shape index (κ1) is 29.5. The summed E-state index contributed by atoms with van der Waals surface area (Å²) in [4.78, 5) is 33.1. The Morgan fingerprint density at radius 1 is 0.895 bits per heavy atom. The lowest BCUT2D eigenvalue weighted by Gasteiger charge is -2.23. The van der Waals surface area contributed by atoms with E-state index < -0.39 is 24.7 Å². The van der Waals surface area contributed by atoms with Gasteiger partial charge in [0.15, 0.2) is 0 Å². The highest BCUT2D eigenvalue weighted by Gasteiger charge is 2.50. The minimum absolute atomic E-state index is 0.282. The second-order valence-corrected chi connectivity index (χ2v) is 10.8. The summed E-state index contributed by atoms with van der Waals surface area (Å²) in [5, 5.41) is 0. The molecule has 0 unspecified atom stereocenters. The van der Waals surface area contributed by atoms with Crippen molar-refractivity contribution in [3.8, 4) is 16.9 Å². The summed E-state index contributed by atoms with van der Waals surface area (Å²) < 4.78 is 45.5.